The zero-order chi connectivity index (χ0) is 25.2. The summed E-state index contributed by atoms with van der Waals surface area (Å²) in [6.45, 7) is 4.36. The Bertz CT molecular complexity index is 977. The van der Waals surface area contributed by atoms with E-state index in [4.69, 9.17) is 4.74 Å². The molecule has 0 radical (unpaired) electrons. The molecular formula is C30H38F4O. The third-order valence-electron chi connectivity index (χ3n) is 7.03. The largest absolute Gasteiger partial charge is 0.490 e. The van der Waals surface area contributed by atoms with E-state index in [-0.39, 0.29) is 11.7 Å². The van der Waals surface area contributed by atoms with Gasteiger partial charge in [-0.2, -0.15) is 4.39 Å². The second kappa shape index (κ2) is 13.7. The second-order valence-electron chi connectivity index (χ2n) is 9.68. The Hall–Kier alpha value is -2.30. The molecule has 0 saturated heterocycles. The van der Waals surface area contributed by atoms with Gasteiger partial charge in [0.1, 0.15) is 0 Å². The number of hydrogen-bond donors (Lipinski definition) is 0. The molecule has 1 saturated carbocycles. The molecule has 0 unspecified atom stereocenters. The molecule has 1 aliphatic rings. The summed E-state index contributed by atoms with van der Waals surface area (Å²) in [6, 6.07) is 6.63. The molecule has 1 nitrogen and oxygen atoms in total. The van der Waals surface area contributed by atoms with E-state index < -0.39 is 23.3 Å². The van der Waals surface area contributed by atoms with Gasteiger partial charge in [-0.15, -0.1) is 0 Å². The maximum Gasteiger partial charge on any atom is 0.200 e. The van der Waals surface area contributed by atoms with E-state index in [1.54, 1.807) is 18.2 Å². The molecule has 35 heavy (non-hydrogen) atoms. The fourth-order valence-corrected chi connectivity index (χ4v) is 4.92. The Kier molecular flexibility index (Phi) is 10.7. The number of benzene rings is 2. The van der Waals surface area contributed by atoms with Crippen molar-refractivity contribution in [3.05, 3.63) is 76.4 Å². The van der Waals surface area contributed by atoms with Gasteiger partial charge in [0.15, 0.2) is 23.2 Å². The highest BCUT2D eigenvalue weighted by atomic mass is 19.2. The highest BCUT2D eigenvalue weighted by Gasteiger charge is 2.25. The fraction of sp³-hybridized carbons (Fsp3) is 0.533. The van der Waals surface area contributed by atoms with Gasteiger partial charge in [0, 0.05) is 0 Å². The molecule has 2 aromatic rings. The lowest BCUT2D eigenvalue weighted by molar-refractivity contribution is 0.294. The van der Waals surface area contributed by atoms with Gasteiger partial charge in [0.25, 0.3) is 0 Å². The monoisotopic (exact) mass is 490 g/mol. The summed E-state index contributed by atoms with van der Waals surface area (Å²) in [7, 11) is 0. The number of allylic oxidation sites excluding steroid dienone is 2. The molecule has 0 amide bonds. The van der Waals surface area contributed by atoms with Crippen molar-refractivity contribution in [3.8, 4) is 5.75 Å². The lowest BCUT2D eigenvalue weighted by Gasteiger charge is -2.27. The first-order chi connectivity index (χ1) is 17.0. The van der Waals surface area contributed by atoms with E-state index in [0.29, 0.717) is 48.5 Å². The van der Waals surface area contributed by atoms with Crippen LogP contribution >= 0.6 is 0 Å². The maximum absolute atomic E-state index is 14.8. The van der Waals surface area contributed by atoms with Crippen molar-refractivity contribution < 1.29 is 22.3 Å². The number of hydrogen-bond acceptors (Lipinski definition) is 1. The van der Waals surface area contributed by atoms with Crippen LogP contribution in [0.1, 0.15) is 94.2 Å². The molecule has 0 bridgehead atoms. The minimum Gasteiger partial charge on any atom is -0.490 e. The fourth-order valence-electron chi connectivity index (χ4n) is 4.92. The average molecular weight is 491 g/mol. The standard InChI is InChI=1S/C30H38F4O/c1-3-5-6-10-23-16-18-25(29(33)27(23)31)22-14-12-21(13-15-22)9-7-8-11-24-17-19-26(35-20-4-2)30(34)28(24)32/h7,9,16-19,21-22H,3-6,8,10-15,20H2,1-2H3/b9-7+. The van der Waals surface area contributed by atoms with Crippen LogP contribution in [0.2, 0.25) is 0 Å². The van der Waals surface area contributed by atoms with Crippen LogP contribution in [0.5, 0.6) is 5.75 Å². The quantitative estimate of drug-likeness (QED) is 0.164. The van der Waals surface area contributed by atoms with E-state index in [1.807, 2.05) is 13.0 Å². The first-order valence-corrected chi connectivity index (χ1v) is 13.2. The maximum atomic E-state index is 14.8. The molecule has 1 aliphatic carbocycles. The number of unbranched alkanes of at least 4 members (excludes halogenated alkanes) is 2. The van der Waals surface area contributed by atoms with Gasteiger partial charge in [-0.1, -0.05) is 57.0 Å². The summed E-state index contributed by atoms with van der Waals surface area (Å²) in [4.78, 5) is 0. The molecule has 0 spiro atoms. The van der Waals surface area contributed by atoms with Crippen molar-refractivity contribution in [2.75, 3.05) is 6.61 Å². The Labute approximate surface area is 207 Å². The van der Waals surface area contributed by atoms with Crippen molar-refractivity contribution in [3.63, 3.8) is 0 Å². The number of ether oxygens (including phenoxy) is 1. The molecule has 1 fully saturated rings. The van der Waals surface area contributed by atoms with Crippen LogP contribution < -0.4 is 4.74 Å². The lowest BCUT2D eigenvalue weighted by Crippen LogP contribution is -2.14. The molecule has 0 atom stereocenters. The predicted molar refractivity (Wildman–Crippen MR) is 134 cm³/mol. The minimum atomic E-state index is -0.920. The van der Waals surface area contributed by atoms with Crippen molar-refractivity contribution in [2.45, 2.75) is 90.4 Å². The van der Waals surface area contributed by atoms with Crippen molar-refractivity contribution in [1.29, 1.82) is 0 Å². The zero-order valence-electron chi connectivity index (χ0n) is 21.0. The first kappa shape index (κ1) is 27.3. The normalized spacial score (nSPS) is 18.3. The third kappa shape index (κ3) is 7.35. The molecule has 0 heterocycles. The Morgan fingerprint density at radius 1 is 0.771 bits per heavy atom. The Balaban J connectivity index is 1.48. The molecule has 3 rings (SSSR count). The summed E-state index contributed by atoms with van der Waals surface area (Å²) in [6.07, 6.45) is 12.9. The molecule has 0 aliphatic heterocycles. The average Bonchev–Trinajstić information content (AvgIpc) is 2.87. The third-order valence-corrected chi connectivity index (χ3v) is 7.03. The van der Waals surface area contributed by atoms with Crippen molar-refractivity contribution in [1.82, 2.24) is 0 Å². The van der Waals surface area contributed by atoms with Crippen LogP contribution in [-0.2, 0) is 12.8 Å². The van der Waals surface area contributed by atoms with Crippen LogP contribution in [0.4, 0.5) is 17.6 Å². The van der Waals surface area contributed by atoms with Gasteiger partial charge in [-0.3, -0.25) is 0 Å². The molecule has 0 aromatic heterocycles. The van der Waals surface area contributed by atoms with Gasteiger partial charge in [-0.05, 0) is 92.4 Å². The first-order valence-electron chi connectivity index (χ1n) is 13.2. The lowest BCUT2D eigenvalue weighted by atomic mass is 9.78. The van der Waals surface area contributed by atoms with E-state index in [2.05, 4.69) is 13.0 Å². The molecule has 2 aromatic carbocycles. The molecule has 192 valence electrons. The van der Waals surface area contributed by atoms with Crippen molar-refractivity contribution in [2.24, 2.45) is 5.92 Å². The van der Waals surface area contributed by atoms with Crippen LogP contribution in [0.25, 0.3) is 0 Å². The molecule has 0 N–H and O–H groups in total. The SMILES string of the molecule is CCCCCc1ccc(C2CCC(/C=C/CCc3ccc(OCCC)c(F)c3F)CC2)c(F)c1F. The van der Waals surface area contributed by atoms with Crippen LogP contribution in [0.3, 0.4) is 0 Å². The van der Waals surface area contributed by atoms with Gasteiger partial charge >= 0.3 is 0 Å². The van der Waals surface area contributed by atoms with E-state index in [1.165, 1.54) is 6.07 Å². The second-order valence-corrected chi connectivity index (χ2v) is 9.68. The minimum absolute atomic E-state index is 0.0390. The van der Waals surface area contributed by atoms with Crippen LogP contribution in [0.15, 0.2) is 36.4 Å². The summed E-state index contributed by atoms with van der Waals surface area (Å²) >= 11 is 0. The van der Waals surface area contributed by atoms with Crippen LogP contribution in [0, 0.1) is 29.2 Å². The van der Waals surface area contributed by atoms with Crippen molar-refractivity contribution >= 4 is 0 Å². The van der Waals surface area contributed by atoms with E-state index in [9.17, 15) is 17.6 Å². The number of rotatable bonds is 12. The highest BCUT2D eigenvalue weighted by molar-refractivity contribution is 5.32. The van der Waals surface area contributed by atoms with Gasteiger partial charge in [-0.25, -0.2) is 13.2 Å². The zero-order valence-corrected chi connectivity index (χ0v) is 21.0. The van der Waals surface area contributed by atoms with Crippen LogP contribution in [-0.4, -0.2) is 6.61 Å². The molecular weight excluding hydrogens is 452 g/mol. The van der Waals surface area contributed by atoms with E-state index in [0.717, 1.165) is 51.4 Å². The predicted octanol–water partition coefficient (Wildman–Crippen LogP) is 9.23. The van der Waals surface area contributed by atoms with Gasteiger partial charge in [0.05, 0.1) is 6.61 Å². The number of halogens is 4. The molecule has 5 heteroatoms. The van der Waals surface area contributed by atoms with Gasteiger partial charge in [0.2, 0.25) is 5.82 Å². The van der Waals surface area contributed by atoms with Gasteiger partial charge < -0.3 is 4.74 Å². The topological polar surface area (TPSA) is 9.23 Å². The summed E-state index contributed by atoms with van der Waals surface area (Å²) in [5, 5.41) is 0. The summed E-state index contributed by atoms with van der Waals surface area (Å²) in [5.74, 6) is -2.72. The highest BCUT2D eigenvalue weighted by Crippen LogP contribution is 2.38. The summed E-state index contributed by atoms with van der Waals surface area (Å²) < 4.78 is 63.0. The Morgan fingerprint density at radius 2 is 1.46 bits per heavy atom. The number of aryl methyl sites for hydroxylation is 2. The van der Waals surface area contributed by atoms with E-state index >= 15 is 0 Å². The summed E-state index contributed by atoms with van der Waals surface area (Å²) in [5.41, 5.74) is 1.33. The Morgan fingerprint density at radius 3 is 2.17 bits per heavy atom. The smallest absolute Gasteiger partial charge is 0.200 e.